The first-order valence-electron chi connectivity index (χ1n) is 7.54. The van der Waals surface area contributed by atoms with E-state index in [1.165, 1.54) is 0 Å². The average molecular weight is 375 g/mol. The summed E-state index contributed by atoms with van der Waals surface area (Å²) in [6.07, 6.45) is -0.770. The predicted molar refractivity (Wildman–Crippen MR) is 99.0 cm³/mol. The van der Waals surface area contributed by atoms with E-state index >= 15 is 0 Å². The quantitative estimate of drug-likeness (QED) is 0.683. The van der Waals surface area contributed by atoms with Gasteiger partial charge in [-0.3, -0.25) is 20.4 Å². The molecular formula is C18H15ClN2O3S. The van der Waals surface area contributed by atoms with Gasteiger partial charge < -0.3 is 4.74 Å². The van der Waals surface area contributed by atoms with E-state index in [4.69, 9.17) is 16.3 Å². The zero-order valence-corrected chi connectivity index (χ0v) is 14.9. The number of hydrogen-bond acceptors (Lipinski definition) is 4. The molecule has 0 aliphatic carbocycles. The van der Waals surface area contributed by atoms with E-state index in [-0.39, 0.29) is 0 Å². The lowest BCUT2D eigenvalue weighted by atomic mass is 10.1. The molecule has 1 unspecified atom stereocenters. The molecule has 0 saturated heterocycles. The highest BCUT2D eigenvalue weighted by atomic mass is 35.5. The van der Waals surface area contributed by atoms with E-state index < -0.39 is 17.9 Å². The second kappa shape index (κ2) is 7.55. The lowest BCUT2D eigenvalue weighted by molar-refractivity contribution is -0.128. The number of carbonyl (C=O) groups excluding carboxylic acids is 2. The number of carbonyl (C=O) groups is 2. The summed E-state index contributed by atoms with van der Waals surface area (Å²) in [5.41, 5.74) is 4.69. The van der Waals surface area contributed by atoms with Crippen molar-refractivity contribution in [3.63, 3.8) is 0 Å². The number of benzene rings is 2. The van der Waals surface area contributed by atoms with Gasteiger partial charge in [-0.25, -0.2) is 0 Å². The number of halogens is 1. The molecule has 3 rings (SSSR count). The van der Waals surface area contributed by atoms with Gasteiger partial charge in [0.2, 0.25) is 0 Å². The Balaban J connectivity index is 1.57. The number of rotatable bonds is 4. The first-order valence-corrected chi connectivity index (χ1v) is 8.73. The van der Waals surface area contributed by atoms with Gasteiger partial charge >= 0.3 is 0 Å². The van der Waals surface area contributed by atoms with Gasteiger partial charge in [-0.05, 0) is 42.0 Å². The first kappa shape index (κ1) is 17.3. The van der Waals surface area contributed by atoms with Crippen LogP contribution < -0.4 is 15.6 Å². The van der Waals surface area contributed by atoms with Crippen LogP contribution in [0.3, 0.4) is 0 Å². The van der Waals surface area contributed by atoms with Crippen LogP contribution >= 0.6 is 22.9 Å². The predicted octanol–water partition coefficient (Wildman–Crippen LogP) is 3.78. The van der Waals surface area contributed by atoms with Crippen LogP contribution in [0.25, 0.3) is 10.8 Å². The molecule has 2 aromatic carbocycles. The van der Waals surface area contributed by atoms with Crippen LogP contribution in [-0.4, -0.2) is 17.9 Å². The SMILES string of the molecule is CC(Oc1ccc2ccccc2c1)C(=O)NNC(=O)c1ccc(Cl)s1. The van der Waals surface area contributed by atoms with Gasteiger partial charge in [-0.1, -0.05) is 41.9 Å². The molecule has 0 radical (unpaired) electrons. The number of hydrogen-bond donors (Lipinski definition) is 2. The molecule has 0 aliphatic rings. The Morgan fingerprint density at radius 2 is 1.80 bits per heavy atom. The summed E-state index contributed by atoms with van der Waals surface area (Å²) in [4.78, 5) is 24.4. The van der Waals surface area contributed by atoms with Crippen molar-refractivity contribution < 1.29 is 14.3 Å². The largest absolute Gasteiger partial charge is 0.481 e. The molecular weight excluding hydrogens is 360 g/mol. The van der Waals surface area contributed by atoms with E-state index in [0.29, 0.717) is 15.0 Å². The van der Waals surface area contributed by atoms with Crippen LogP contribution in [0.4, 0.5) is 0 Å². The lowest BCUT2D eigenvalue weighted by Gasteiger charge is -2.15. The molecule has 2 N–H and O–H groups in total. The van der Waals surface area contributed by atoms with Crippen molar-refractivity contribution in [3.8, 4) is 5.75 Å². The lowest BCUT2D eigenvalue weighted by Crippen LogP contribution is -2.47. The third-order valence-electron chi connectivity index (χ3n) is 3.50. The fraction of sp³-hybridized carbons (Fsp3) is 0.111. The summed E-state index contributed by atoms with van der Waals surface area (Å²) in [6.45, 7) is 1.61. The van der Waals surface area contributed by atoms with Crippen molar-refractivity contribution in [2.75, 3.05) is 0 Å². The Bertz CT molecular complexity index is 925. The Morgan fingerprint density at radius 1 is 1.04 bits per heavy atom. The molecule has 5 nitrogen and oxygen atoms in total. The average Bonchev–Trinajstić information content (AvgIpc) is 3.05. The minimum Gasteiger partial charge on any atom is -0.481 e. The van der Waals surface area contributed by atoms with Crippen LogP contribution in [-0.2, 0) is 4.79 Å². The molecule has 25 heavy (non-hydrogen) atoms. The van der Waals surface area contributed by atoms with Crippen molar-refractivity contribution in [1.29, 1.82) is 0 Å². The highest BCUT2D eigenvalue weighted by Gasteiger charge is 2.16. The summed E-state index contributed by atoms with van der Waals surface area (Å²) < 4.78 is 6.15. The first-order chi connectivity index (χ1) is 12.0. The van der Waals surface area contributed by atoms with Gasteiger partial charge in [0.15, 0.2) is 6.10 Å². The molecule has 0 aliphatic heterocycles. The molecule has 0 fully saturated rings. The minimum atomic E-state index is -0.770. The van der Waals surface area contributed by atoms with Crippen LogP contribution in [0.5, 0.6) is 5.75 Å². The Hall–Kier alpha value is -2.57. The summed E-state index contributed by atoms with van der Waals surface area (Å²) in [5.74, 6) is -0.301. The zero-order chi connectivity index (χ0) is 17.8. The summed E-state index contributed by atoms with van der Waals surface area (Å²) in [5, 5.41) is 2.12. The monoisotopic (exact) mass is 374 g/mol. The summed E-state index contributed by atoms with van der Waals surface area (Å²) in [6, 6.07) is 16.7. The van der Waals surface area contributed by atoms with Gasteiger partial charge in [0.05, 0.1) is 9.21 Å². The smallest absolute Gasteiger partial charge is 0.279 e. The molecule has 0 bridgehead atoms. The van der Waals surface area contributed by atoms with Crippen molar-refractivity contribution in [2.24, 2.45) is 0 Å². The molecule has 128 valence electrons. The Morgan fingerprint density at radius 3 is 2.52 bits per heavy atom. The molecule has 0 saturated carbocycles. The van der Waals surface area contributed by atoms with Crippen molar-refractivity contribution in [1.82, 2.24) is 10.9 Å². The maximum atomic E-state index is 12.1. The van der Waals surface area contributed by atoms with Crippen LogP contribution in [0, 0.1) is 0 Å². The maximum Gasteiger partial charge on any atom is 0.279 e. The van der Waals surface area contributed by atoms with E-state index in [1.54, 1.807) is 25.1 Å². The summed E-state index contributed by atoms with van der Waals surface area (Å²) in [7, 11) is 0. The number of nitrogens with one attached hydrogen (secondary N) is 2. The van der Waals surface area contributed by atoms with E-state index in [2.05, 4.69) is 10.9 Å². The molecule has 7 heteroatoms. The third kappa shape index (κ3) is 4.29. The fourth-order valence-corrected chi connectivity index (χ4v) is 3.15. The third-order valence-corrected chi connectivity index (χ3v) is 4.73. The number of fused-ring (bicyclic) bond motifs is 1. The molecule has 1 aromatic heterocycles. The number of ether oxygens (including phenoxy) is 1. The highest BCUT2D eigenvalue weighted by Crippen LogP contribution is 2.22. The topological polar surface area (TPSA) is 67.4 Å². The van der Waals surface area contributed by atoms with Gasteiger partial charge in [0.1, 0.15) is 5.75 Å². The number of amides is 2. The van der Waals surface area contributed by atoms with E-state index in [1.807, 2.05) is 36.4 Å². The number of hydrazine groups is 1. The van der Waals surface area contributed by atoms with Crippen LogP contribution in [0.15, 0.2) is 54.6 Å². The van der Waals surface area contributed by atoms with Gasteiger partial charge in [-0.15, -0.1) is 11.3 Å². The highest BCUT2D eigenvalue weighted by molar-refractivity contribution is 7.17. The minimum absolute atomic E-state index is 0.411. The zero-order valence-electron chi connectivity index (χ0n) is 13.3. The molecule has 1 heterocycles. The van der Waals surface area contributed by atoms with Gasteiger partial charge in [0, 0.05) is 0 Å². The number of thiophene rings is 1. The normalized spacial score (nSPS) is 11.8. The van der Waals surface area contributed by atoms with Crippen molar-refractivity contribution in [2.45, 2.75) is 13.0 Å². The molecule has 0 spiro atoms. The van der Waals surface area contributed by atoms with Gasteiger partial charge in [-0.2, -0.15) is 0 Å². The van der Waals surface area contributed by atoms with Crippen LogP contribution in [0.1, 0.15) is 16.6 Å². The standard InChI is InChI=1S/C18H15ClN2O3S/c1-11(17(22)20-21-18(23)15-8-9-16(19)25-15)24-14-7-6-12-4-2-3-5-13(12)10-14/h2-11H,1H3,(H,20,22)(H,21,23). The summed E-state index contributed by atoms with van der Waals surface area (Å²) >= 11 is 6.91. The Kier molecular flexibility index (Phi) is 5.21. The van der Waals surface area contributed by atoms with Gasteiger partial charge in [0.25, 0.3) is 11.8 Å². The van der Waals surface area contributed by atoms with Crippen molar-refractivity contribution >= 4 is 45.5 Å². The molecule has 1 atom stereocenters. The molecule has 3 aromatic rings. The van der Waals surface area contributed by atoms with E-state index in [0.717, 1.165) is 22.1 Å². The maximum absolute atomic E-state index is 12.1. The second-order valence-corrected chi connectivity index (χ2v) is 7.03. The van der Waals surface area contributed by atoms with E-state index in [9.17, 15) is 9.59 Å². The second-order valence-electron chi connectivity index (χ2n) is 5.32. The fourth-order valence-electron chi connectivity index (χ4n) is 2.22. The van der Waals surface area contributed by atoms with Crippen LogP contribution in [0.2, 0.25) is 4.34 Å². The van der Waals surface area contributed by atoms with Crippen molar-refractivity contribution in [3.05, 3.63) is 63.8 Å². The Labute approximate surface area is 153 Å². The molecule has 2 amide bonds.